The summed E-state index contributed by atoms with van der Waals surface area (Å²) in [6, 6.07) is 10.5. The number of hydrogen-bond acceptors (Lipinski definition) is 3. The molecule has 1 aromatic rings. The number of para-hydroxylation sites is 1. The minimum atomic E-state index is -0.228. The van der Waals surface area contributed by atoms with Crippen LogP contribution in [0.15, 0.2) is 24.3 Å². The van der Waals surface area contributed by atoms with E-state index in [4.69, 9.17) is 4.74 Å². The van der Waals surface area contributed by atoms with Gasteiger partial charge < -0.3 is 4.74 Å². The van der Waals surface area contributed by atoms with Crippen LogP contribution in [0.25, 0.3) is 0 Å². The average Bonchev–Trinajstić information content (AvgIpc) is 2.79. The van der Waals surface area contributed by atoms with E-state index in [1.807, 2.05) is 18.2 Å². The molecule has 0 aliphatic carbocycles. The molecule has 0 radical (unpaired) electrons. The summed E-state index contributed by atoms with van der Waals surface area (Å²) >= 11 is 1.79. The molecule has 1 heterocycles. The Hall–Kier alpha value is -1.14. The Morgan fingerprint density at radius 3 is 2.94 bits per heavy atom. The van der Waals surface area contributed by atoms with Crippen LogP contribution in [0.2, 0.25) is 0 Å². The highest BCUT2D eigenvalue weighted by molar-refractivity contribution is 8.01. The fourth-order valence-electron chi connectivity index (χ4n) is 2.12. The van der Waals surface area contributed by atoms with E-state index < -0.39 is 0 Å². The van der Waals surface area contributed by atoms with Gasteiger partial charge in [-0.25, -0.2) is 0 Å². The zero-order valence-corrected chi connectivity index (χ0v) is 10.2. The summed E-state index contributed by atoms with van der Waals surface area (Å²) < 4.78 is 5.10. The van der Waals surface area contributed by atoms with Crippen LogP contribution in [0.5, 0.6) is 5.75 Å². The minimum absolute atomic E-state index is 0.228. The molecule has 84 valence electrons. The fraction of sp³-hybridized carbons (Fsp3) is 0.462. The van der Waals surface area contributed by atoms with Crippen LogP contribution in [-0.4, -0.2) is 17.6 Å². The van der Waals surface area contributed by atoms with Gasteiger partial charge in [-0.2, -0.15) is 5.26 Å². The van der Waals surface area contributed by atoms with Gasteiger partial charge >= 0.3 is 0 Å². The topological polar surface area (TPSA) is 33.0 Å². The third-order valence-corrected chi connectivity index (χ3v) is 4.46. The summed E-state index contributed by atoms with van der Waals surface area (Å²) in [6.45, 7) is 0. The lowest BCUT2D eigenvalue weighted by atomic mass is 9.95. The van der Waals surface area contributed by atoms with E-state index in [-0.39, 0.29) is 4.75 Å². The van der Waals surface area contributed by atoms with Gasteiger partial charge in [0.05, 0.1) is 13.2 Å². The first-order chi connectivity index (χ1) is 7.79. The molecule has 16 heavy (non-hydrogen) atoms. The molecule has 0 saturated carbocycles. The zero-order chi connectivity index (χ0) is 11.4. The van der Waals surface area contributed by atoms with Crippen LogP contribution >= 0.6 is 11.8 Å². The number of ether oxygens (including phenoxy) is 1. The smallest absolute Gasteiger partial charge is 0.122 e. The molecular weight excluding hydrogens is 218 g/mol. The molecule has 0 spiro atoms. The first kappa shape index (κ1) is 11.3. The molecule has 1 saturated heterocycles. The largest absolute Gasteiger partial charge is 0.496 e. The van der Waals surface area contributed by atoms with E-state index in [0.717, 1.165) is 36.3 Å². The second kappa shape index (κ2) is 4.80. The van der Waals surface area contributed by atoms with Crippen molar-refractivity contribution in [3.05, 3.63) is 29.8 Å². The normalized spacial score (nSPS) is 24.0. The van der Waals surface area contributed by atoms with Crippen molar-refractivity contribution < 1.29 is 4.74 Å². The van der Waals surface area contributed by atoms with Crippen molar-refractivity contribution >= 4 is 11.8 Å². The van der Waals surface area contributed by atoms with Crippen LogP contribution in [-0.2, 0) is 6.42 Å². The van der Waals surface area contributed by atoms with Crippen molar-refractivity contribution in [1.82, 2.24) is 0 Å². The number of nitriles is 1. The number of hydrogen-bond donors (Lipinski definition) is 0. The summed E-state index contributed by atoms with van der Waals surface area (Å²) in [7, 11) is 1.68. The van der Waals surface area contributed by atoms with Crippen molar-refractivity contribution in [3.63, 3.8) is 0 Å². The Morgan fingerprint density at radius 2 is 2.31 bits per heavy atom. The molecule has 2 rings (SSSR count). The summed E-state index contributed by atoms with van der Waals surface area (Å²) in [5, 5.41) is 9.33. The molecule has 0 bridgehead atoms. The summed E-state index contributed by atoms with van der Waals surface area (Å²) in [5.74, 6) is 1.99. The quantitative estimate of drug-likeness (QED) is 0.804. The maximum atomic E-state index is 9.33. The SMILES string of the molecule is COc1ccccc1CC1(C#N)CCCS1. The van der Waals surface area contributed by atoms with Crippen LogP contribution < -0.4 is 4.74 Å². The fourth-order valence-corrected chi connectivity index (χ4v) is 3.41. The van der Waals surface area contributed by atoms with Crippen molar-refractivity contribution in [2.75, 3.05) is 12.9 Å². The van der Waals surface area contributed by atoms with Gasteiger partial charge in [-0.05, 0) is 30.2 Å². The van der Waals surface area contributed by atoms with Gasteiger partial charge in [-0.1, -0.05) is 18.2 Å². The van der Waals surface area contributed by atoms with Gasteiger partial charge in [0.1, 0.15) is 10.5 Å². The van der Waals surface area contributed by atoms with Gasteiger partial charge in [-0.15, -0.1) is 11.8 Å². The van der Waals surface area contributed by atoms with Crippen molar-refractivity contribution in [3.8, 4) is 11.8 Å². The third-order valence-electron chi connectivity index (χ3n) is 2.98. The van der Waals surface area contributed by atoms with Crippen molar-refractivity contribution in [2.24, 2.45) is 0 Å². The van der Waals surface area contributed by atoms with E-state index in [0.29, 0.717) is 0 Å². The summed E-state index contributed by atoms with van der Waals surface area (Å²) in [5.41, 5.74) is 1.14. The Bertz CT molecular complexity index is 405. The standard InChI is InChI=1S/C13H15NOS/c1-15-12-6-3-2-5-11(12)9-13(10-14)7-4-8-16-13/h2-3,5-6H,4,7-9H2,1H3. The Kier molecular flexibility index (Phi) is 3.40. The Labute approximate surface area is 101 Å². The number of rotatable bonds is 3. The van der Waals surface area contributed by atoms with Crippen LogP contribution in [0.1, 0.15) is 18.4 Å². The van der Waals surface area contributed by atoms with E-state index in [9.17, 15) is 5.26 Å². The summed E-state index contributed by atoms with van der Waals surface area (Å²) in [4.78, 5) is 0. The predicted molar refractivity (Wildman–Crippen MR) is 66.7 cm³/mol. The Balaban J connectivity index is 2.23. The van der Waals surface area contributed by atoms with Crippen LogP contribution in [0.4, 0.5) is 0 Å². The second-order valence-corrected chi connectivity index (χ2v) is 5.53. The molecule has 0 aromatic heterocycles. The van der Waals surface area contributed by atoms with Crippen LogP contribution in [0, 0.1) is 11.3 Å². The van der Waals surface area contributed by atoms with E-state index in [2.05, 4.69) is 12.1 Å². The molecule has 3 heteroatoms. The van der Waals surface area contributed by atoms with Gasteiger partial charge in [0.2, 0.25) is 0 Å². The lowest BCUT2D eigenvalue weighted by Crippen LogP contribution is -2.22. The monoisotopic (exact) mass is 233 g/mol. The molecule has 1 atom stereocenters. The molecule has 0 amide bonds. The maximum absolute atomic E-state index is 9.33. The highest BCUT2D eigenvalue weighted by Gasteiger charge is 2.35. The first-order valence-electron chi connectivity index (χ1n) is 5.47. The van der Waals surface area contributed by atoms with E-state index in [1.165, 1.54) is 0 Å². The van der Waals surface area contributed by atoms with Crippen molar-refractivity contribution in [1.29, 1.82) is 5.26 Å². The average molecular weight is 233 g/mol. The molecule has 1 aliphatic rings. The van der Waals surface area contributed by atoms with E-state index in [1.54, 1.807) is 18.9 Å². The maximum Gasteiger partial charge on any atom is 0.122 e. The highest BCUT2D eigenvalue weighted by Crippen LogP contribution is 2.41. The molecular formula is C13H15NOS. The minimum Gasteiger partial charge on any atom is -0.496 e. The molecule has 1 unspecified atom stereocenters. The molecule has 1 aromatic carbocycles. The number of nitrogens with zero attached hydrogens (tertiary/aromatic N) is 1. The molecule has 1 fully saturated rings. The van der Waals surface area contributed by atoms with Gasteiger partial charge in [0, 0.05) is 6.42 Å². The molecule has 1 aliphatic heterocycles. The zero-order valence-electron chi connectivity index (χ0n) is 9.40. The molecule has 0 N–H and O–H groups in total. The first-order valence-corrected chi connectivity index (χ1v) is 6.45. The summed E-state index contributed by atoms with van der Waals surface area (Å²) in [6.07, 6.45) is 2.93. The lowest BCUT2D eigenvalue weighted by Gasteiger charge is -2.20. The van der Waals surface area contributed by atoms with E-state index >= 15 is 0 Å². The number of thioether (sulfide) groups is 1. The predicted octanol–water partition coefficient (Wildman–Crippen LogP) is 3.03. The van der Waals surface area contributed by atoms with Gasteiger partial charge in [0.15, 0.2) is 0 Å². The second-order valence-electron chi connectivity index (χ2n) is 4.05. The third kappa shape index (κ3) is 2.17. The highest BCUT2D eigenvalue weighted by atomic mass is 32.2. The number of methoxy groups -OCH3 is 1. The van der Waals surface area contributed by atoms with Gasteiger partial charge in [0.25, 0.3) is 0 Å². The van der Waals surface area contributed by atoms with Gasteiger partial charge in [-0.3, -0.25) is 0 Å². The Morgan fingerprint density at radius 1 is 1.50 bits per heavy atom. The van der Waals surface area contributed by atoms with Crippen molar-refractivity contribution in [2.45, 2.75) is 24.0 Å². The lowest BCUT2D eigenvalue weighted by molar-refractivity contribution is 0.408. The number of benzene rings is 1. The van der Waals surface area contributed by atoms with Crippen LogP contribution in [0.3, 0.4) is 0 Å². The molecule has 2 nitrogen and oxygen atoms in total.